The summed E-state index contributed by atoms with van der Waals surface area (Å²) in [5, 5.41) is -0.784. The largest absolute Gasteiger partial charge is 0.469 e. The van der Waals surface area contributed by atoms with Crippen LogP contribution in [0.3, 0.4) is 0 Å². The molecule has 0 bridgehead atoms. The van der Waals surface area contributed by atoms with Gasteiger partial charge in [-0.15, -0.1) is 0 Å². The monoisotopic (exact) mass is 389 g/mol. The third-order valence-corrected chi connectivity index (χ3v) is 13.4. The van der Waals surface area contributed by atoms with Crippen LogP contribution in [0.1, 0.15) is 43.6 Å². The van der Waals surface area contributed by atoms with Crippen molar-refractivity contribution in [1.29, 1.82) is 0 Å². The van der Waals surface area contributed by atoms with Crippen molar-refractivity contribution >= 4 is 33.8 Å². The van der Waals surface area contributed by atoms with E-state index in [4.69, 9.17) is 15.4 Å². The van der Waals surface area contributed by atoms with E-state index >= 15 is 0 Å². The lowest BCUT2D eigenvalue weighted by molar-refractivity contribution is -0.140. The first-order chi connectivity index (χ1) is 10.8. The van der Waals surface area contributed by atoms with Gasteiger partial charge >= 0.3 is 5.97 Å². The van der Waals surface area contributed by atoms with Gasteiger partial charge in [-0.05, 0) is 41.3 Å². The van der Waals surface area contributed by atoms with Crippen LogP contribution in [0.4, 0.5) is 0 Å². The van der Waals surface area contributed by atoms with Gasteiger partial charge in [-0.3, -0.25) is 8.82 Å². The Bertz CT molecular complexity index is 719. The zero-order valence-corrected chi connectivity index (χ0v) is 18.1. The van der Waals surface area contributed by atoms with Crippen LogP contribution in [0, 0.1) is 6.92 Å². The van der Waals surface area contributed by atoms with Crippen molar-refractivity contribution in [1.82, 2.24) is 0 Å². The normalized spacial score (nSPS) is 16.2. The molecule has 0 saturated carbocycles. The number of aryl methyl sites for hydroxylation is 1. The van der Waals surface area contributed by atoms with Crippen LogP contribution < -0.4 is 0 Å². The fourth-order valence-electron chi connectivity index (χ4n) is 2.01. The Morgan fingerprint density at radius 1 is 1.38 bits per heavy atom. The second-order valence-electron chi connectivity index (χ2n) is 7.58. The molecule has 0 aliphatic carbocycles. The van der Waals surface area contributed by atoms with Gasteiger partial charge in [0.1, 0.15) is 8.94 Å². The van der Waals surface area contributed by atoms with E-state index < -0.39 is 28.4 Å². The Labute approximate surface area is 151 Å². The lowest BCUT2D eigenvalue weighted by Gasteiger charge is -2.33. The van der Waals surface area contributed by atoms with Gasteiger partial charge in [-0.25, -0.2) is 4.21 Å². The van der Waals surface area contributed by atoms with Crippen LogP contribution >= 0.6 is 10.7 Å². The third kappa shape index (κ3) is 5.33. The quantitative estimate of drug-likeness (QED) is 0.393. The molecule has 2 unspecified atom stereocenters. The standard InChI is InChI=1S/C17H28ClNO3SSi/c1-13-9-8-10-14(11-13)15(12-16(20)22-5)23(18,21)19-24(6,7)17(2,3)4/h8-11,15H,12H2,1-7H3. The Morgan fingerprint density at radius 2 is 1.96 bits per heavy atom. The molecule has 1 rings (SSSR count). The van der Waals surface area contributed by atoms with E-state index in [1.54, 1.807) is 0 Å². The molecule has 0 amide bonds. The maximum Gasteiger partial charge on any atom is 0.307 e. The predicted octanol–water partition coefficient (Wildman–Crippen LogP) is 5.23. The van der Waals surface area contributed by atoms with Gasteiger partial charge in [0.15, 0.2) is 8.24 Å². The number of halogens is 1. The van der Waals surface area contributed by atoms with Crippen molar-refractivity contribution in [3.05, 3.63) is 35.4 Å². The zero-order valence-electron chi connectivity index (χ0n) is 15.6. The summed E-state index contributed by atoms with van der Waals surface area (Å²) >= 11 is 0. The second-order valence-corrected chi connectivity index (χ2v) is 15.8. The molecule has 0 heterocycles. The molecule has 0 aliphatic rings. The van der Waals surface area contributed by atoms with Crippen LogP contribution in [0.2, 0.25) is 18.1 Å². The molecule has 2 atom stereocenters. The number of carbonyl (C=O) groups excluding carboxylic acids is 1. The highest BCUT2D eigenvalue weighted by Gasteiger charge is 2.39. The molecule has 1 aromatic rings. The molecule has 136 valence electrons. The number of benzene rings is 1. The smallest absolute Gasteiger partial charge is 0.307 e. The van der Waals surface area contributed by atoms with E-state index in [2.05, 4.69) is 24.8 Å². The Balaban J connectivity index is 3.47. The third-order valence-electron chi connectivity index (χ3n) is 4.53. The molecule has 0 radical (unpaired) electrons. The molecule has 0 saturated heterocycles. The molecule has 0 spiro atoms. The summed E-state index contributed by atoms with van der Waals surface area (Å²) in [6.07, 6.45) is -0.0551. The lowest BCUT2D eigenvalue weighted by atomic mass is 10.1. The van der Waals surface area contributed by atoms with Gasteiger partial charge < -0.3 is 4.74 Å². The van der Waals surface area contributed by atoms with Gasteiger partial charge in [-0.1, -0.05) is 50.6 Å². The Morgan fingerprint density at radius 3 is 2.42 bits per heavy atom. The highest BCUT2D eigenvalue weighted by atomic mass is 35.7. The predicted molar refractivity (Wildman–Crippen MR) is 104 cm³/mol. The number of nitrogens with zero attached hydrogens (tertiary/aromatic N) is 1. The van der Waals surface area contributed by atoms with Crippen LogP contribution in [0.25, 0.3) is 0 Å². The summed E-state index contributed by atoms with van der Waals surface area (Å²) in [4.78, 5) is 11.9. The van der Waals surface area contributed by atoms with E-state index in [-0.39, 0.29) is 11.5 Å². The summed E-state index contributed by atoms with van der Waals surface area (Å²) in [6, 6.07) is 7.55. The van der Waals surface area contributed by atoms with E-state index in [9.17, 15) is 9.00 Å². The molecule has 24 heavy (non-hydrogen) atoms. The number of rotatable bonds is 5. The van der Waals surface area contributed by atoms with Gasteiger partial charge in [0.05, 0.1) is 18.8 Å². The highest BCUT2D eigenvalue weighted by molar-refractivity contribution is 8.16. The van der Waals surface area contributed by atoms with Crippen LogP contribution in [-0.4, -0.2) is 25.5 Å². The Kier molecular flexibility index (Phi) is 6.69. The van der Waals surface area contributed by atoms with Crippen molar-refractivity contribution in [2.24, 2.45) is 4.03 Å². The van der Waals surface area contributed by atoms with Crippen molar-refractivity contribution in [3.63, 3.8) is 0 Å². The van der Waals surface area contributed by atoms with Crippen molar-refractivity contribution < 1.29 is 13.7 Å². The van der Waals surface area contributed by atoms with E-state index in [1.807, 2.05) is 44.3 Å². The van der Waals surface area contributed by atoms with Gasteiger partial charge in [0, 0.05) is 0 Å². The minimum atomic E-state index is -3.13. The Hall–Kier alpha value is -0.853. The summed E-state index contributed by atoms with van der Waals surface area (Å²) < 4.78 is 22.7. The number of methoxy groups -OCH3 is 1. The van der Waals surface area contributed by atoms with Crippen molar-refractivity contribution in [2.45, 2.75) is 57.5 Å². The van der Waals surface area contributed by atoms with Crippen LogP contribution in [0.5, 0.6) is 0 Å². The minimum absolute atomic E-state index is 0.0551. The summed E-state index contributed by atoms with van der Waals surface area (Å²) in [7, 11) is 2.41. The number of hydrogen-bond acceptors (Lipinski definition) is 4. The average molecular weight is 390 g/mol. The first kappa shape index (κ1) is 21.2. The number of ether oxygens (including phenoxy) is 1. The van der Waals surface area contributed by atoms with Gasteiger partial charge in [0.2, 0.25) is 0 Å². The average Bonchev–Trinajstić information content (AvgIpc) is 2.41. The maximum atomic E-state index is 13.3. The van der Waals surface area contributed by atoms with E-state index in [0.29, 0.717) is 0 Å². The molecular formula is C17H28ClNO3SSi. The molecule has 0 fully saturated rings. The highest BCUT2D eigenvalue weighted by Crippen LogP contribution is 2.41. The molecule has 7 heteroatoms. The fraction of sp³-hybridized carbons (Fsp3) is 0.588. The summed E-state index contributed by atoms with van der Waals surface area (Å²) in [6.45, 7) is 12.3. The minimum Gasteiger partial charge on any atom is -0.469 e. The number of esters is 1. The molecule has 0 aromatic heterocycles. The zero-order chi connectivity index (χ0) is 18.8. The molecule has 0 aliphatic heterocycles. The summed E-state index contributed by atoms with van der Waals surface area (Å²) in [5.74, 6) is -0.444. The van der Waals surface area contributed by atoms with Crippen molar-refractivity contribution in [3.8, 4) is 0 Å². The second kappa shape index (κ2) is 7.58. The van der Waals surface area contributed by atoms with Crippen molar-refractivity contribution in [2.75, 3.05) is 7.11 Å². The first-order valence-corrected chi connectivity index (χ1v) is 13.3. The fourth-order valence-corrected chi connectivity index (χ4v) is 8.97. The maximum absolute atomic E-state index is 13.3. The van der Waals surface area contributed by atoms with Crippen LogP contribution in [0.15, 0.2) is 28.3 Å². The van der Waals surface area contributed by atoms with Crippen LogP contribution in [-0.2, 0) is 18.5 Å². The first-order valence-electron chi connectivity index (χ1n) is 7.90. The number of carbonyl (C=O) groups is 1. The topological polar surface area (TPSA) is 55.7 Å². The van der Waals surface area contributed by atoms with E-state index in [0.717, 1.165) is 11.1 Å². The lowest BCUT2D eigenvalue weighted by Crippen LogP contribution is -2.36. The molecule has 4 nitrogen and oxygen atoms in total. The molecular weight excluding hydrogens is 362 g/mol. The number of hydrogen-bond donors (Lipinski definition) is 0. The molecule has 1 aromatic carbocycles. The molecule has 0 N–H and O–H groups in total. The summed E-state index contributed by atoms with van der Waals surface area (Å²) in [5.41, 5.74) is 1.77. The SMILES string of the molecule is COC(=O)CC(c1cccc(C)c1)S(=O)(Cl)=N[Si](C)(C)C(C)(C)C. The van der Waals surface area contributed by atoms with Gasteiger partial charge in [-0.2, -0.15) is 0 Å². The van der Waals surface area contributed by atoms with Gasteiger partial charge in [0.25, 0.3) is 0 Å². The van der Waals surface area contributed by atoms with E-state index in [1.165, 1.54) is 7.11 Å².